The highest BCUT2D eigenvalue weighted by atomic mass is 32.2. The van der Waals surface area contributed by atoms with Crippen LogP contribution < -0.4 is 5.14 Å². The summed E-state index contributed by atoms with van der Waals surface area (Å²) in [7, 11) is 0.828. The average molecular weight is 440 g/mol. The molecule has 1 heterocycles. The molecule has 0 aromatic heterocycles. The van der Waals surface area contributed by atoms with E-state index in [1.165, 1.54) is 11.1 Å². The van der Waals surface area contributed by atoms with Gasteiger partial charge in [0.15, 0.2) is 0 Å². The number of likely N-dealkylation sites (tertiary alicyclic amines) is 1. The van der Waals surface area contributed by atoms with Gasteiger partial charge >= 0.3 is 0 Å². The van der Waals surface area contributed by atoms with E-state index in [-0.39, 0.29) is 10.3 Å². The number of sulfonamides is 1. The Balaban J connectivity index is 1.28. The molecule has 4 aliphatic rings. The normalized spacial score (nSPS) is 37.3. The van der Waals surface area contributed by atoms with Gasteiger partial charge in [-0.05, 0) is 73.8 Å². The highest BCUT2D eigenvalue weighted by molar-refractivity contribution is 7.89. The second kappa shape index (κ2) is 5.90. The molecule has 31 heavy (non-hydrogen) atoms. The molecule has 6 nitrogen and oxygen atoms in total. The second-order valence-electron chi connectivity index (χ2n) is 10.3. The molecule has 2 aromatic carbocycles. The third-order valence-electron chi connectivity index (χ3n) is 8.97. The highest BCUT2D eigenvalue weighted by Gasteiger charge is 2.92. The van der Waals surface area contributed by atoms with Crippen molar-refractivity contribution < 1.29 is 13.5 Å². The van der Waals surface area contributed by atoms with Gasteiger partial charge < -0.3 is 10.0 Å². The Morgan fingerprint density at radius 2 is 1.90 bits per heavy atom. The third-order valence-corrected chi connectivity index (χ3v) is 9.90. The molecule has 1 saturated heterocycles. The Kier molecular flexibility index (Phi) is 3.75. The minimum Gasteiger partial charge on any atom is -0.508 e. The molecule has 0 radical (unpaired) electrons. The number of phenols is 1. The number of aromatic hydroxyl groups is 1. The predicted octanol–water partition coefficient (Wildman–Crippen LogP) is 1.71. The number of fused-ring (bicyclic) bond motifs is 2. The predicted molar refractivity (Wildman–Crippen MR) is 118 cm³/mol. The summed E-state index contributed by atoms with van der Waals surface area (Å²) in [6.07, 6.45) is 1.97. The maximum absolute atomic E-state index is 11.5. The first-order valence-electron chi connectivity index (χ1n) is 11.0. The van der Waals surface area contributed by atoms with Crippen LogP contribution in [0.4, 0.5) is 0 Å². The maximum atomic E-state index is 11.5. The average Bonchev–Trinajstić information content (AvgIpc) is 3.30. The first-order valence-corrected chi connectivity index (χ1v) is 12.5. The van der Waals surface area contributed by atoms with Crippen LogP contribution in [0.15, 0.2) is 47.4 Å². The van der Waals surface area contributed by atoms with Gasteiger partial charge in [-0.3, -0.25) is 4.90 Å². The SMILES string of the molecule is CN(CCc1ccc(S(N)(=O)=O)cc1)C1C2N(C)C3C4C1(C)c1cc(O)ccc1CC234. The number of nitrogens with two attached hydrogens (primary N) is 1. The molecule has 6 rings (SSSR count). The summed E-state index contributed by atoms with van der Waals surface area (Å²) in [5.41, 5.74) is 4.29. The smallest absolute Gasteiger partial charge is 0.238 e. The summed E-state index contributed by atoms with van der Waals surface area (Å²) >= 11 is 0. The number of piperidine rings is 1. The molecular weight excluding hydrogens is 410 g/mol. The summed E-state index contributed by atoms with van der Waals surface area (Å²) < 4.78 is 23.0. The van der Waals surface area contributed by atoms with Crippen molar-refractivity contribution in [3.05, 3.63) is 59.2 Å². The maximum Gasteiger partial charge on any atom is 0.238 e. The Hall–Kier alpha value is -1.93. The third kappa shape index (κ3) is 2.30. The largest absolute Gasteiger partial charge is 0.508 e. The lowest BCUT2D eigenvalue weighted by atomic mass is 9.69. The summed E-state index contributed by atoms with van der Waals surface area (Å²) in [5, 5.41) is 15.5. The molecule has 3 aliphatic carbocycles. The van der Waals surface area contributed by atoms with E-state index >= 15 is 0 Å². The van der Waals surface area contributed by atoms with E-state index in [4.69, 9.17) is 5.14 Å². The first-order chi connectivity index (χ1) is 14.6. The van der Waals surface area contributed by atoms with Crippen molar-refractivity contribution in [2.75, 3.05) is 20.6 Å². The lowest BCUT2D eigenvalue weighted by Gasteiger charge is -2.54. The van der Waals surface area contributed by atoms with Crippen LogP contribution in [0, 0.1) is 11.3 Å². The van der Waals surface area contributed by atoms with Crippen LogP contribution in [0.1, 0.15) is 23.6 Å². The molecule has 2 bridgehead atoms. The first kappa shape index (κ1) is 19.7. The van der Waals surface area contributed by atoms with Crippen molar-refractivity contribution in [1.29, 1.82) is 0 Å². The number of benzene rings is 2. The number of phenolic OH excluding ortho intramolecular Hbond substituents is 1. The molecule has 2 saturated carbocycles. The van der Waals surface area contributed by atoms with Crippen molar-refractivity contribution in [1.82, 2.24) is 9.80 Å². The van der Waals surface area contributed by atoms with Crippen molar-refractivity contribution in [3.8, 4) is 5.75 Å². The van der Waals surface area contributed by atoms with Gasteiger partial charge in [0.05, 0.1) is 4.90 Å². The number of nitrogens with zero attached hydrogens (tertiary/aromatic N) is 2. The van der Waals surface area contributed by atoms with E-state index in [0.29, 0.717) is 35.2 Å². The lowest BCUT2D eigenvalue weighted by Crippen LogP contribution is -2.67. The van der Waals surface area contributed by atoms with Crippen molar-refractivity contribution in [2.45, 2.75) is 48.2 Å². The topological polar surface area (TPSA) is 86.9 Å². The fourth-order valence-electron chi connectivity index (χ4n) is 7.98. The molecule has 1 aliphatic heterocycles. The van der Waals surface area contributed by atoms with Gasteiger partial charge in [-0.1, -0.05) is 25.1 Å². The van der Waals surface area contributed by atoms with Gasteiger partial charge in [0.1, 0.15) is 5.75 Å². The zero-order valence-corrected chi connectivity index (χ0v) is 18.9. The van der Waals surface area contributed by atoms with Crippen LogP contribution in [0.2, 0.25) is 0 Å². The number of primary sulfonamides is 1. The number of likely N-dealkylation sites (N-methyl/N-ethyl adjacent to an activating group) is 2. The summed E-state index contributed by atoms with van der Waals surface area (Å²) in [5.74, 6) is 1.02. The molecule has 3 N–H and O–H groups in total. The Morgan fingerprint density at radius 1 is 1.19 bits per heavy atom. The van der Waals surface area contributed by atoms with E-state index in [1.807, 2.05) is 24.3 Å². The second-order valence-corrected chi connectivity index (χ2v) is 11.9. The van der Waals surface area contributed by atoms with Gasteiger partial charge in [0, 0.05) is 35.5 Å². The van der Waals surface area contributed by atoms with Crippen LogP contribution in [-0.4, -0.2) is 62.1 Å². The van der Waals surface area contributed by atoms with Gasteiger partial charge in [-0.2, -0.15) is 0 Å². The summed E-state index contributed by atoms with van der Waals surface area (Å²) in [6, 6.07) is 14.5. The highest BCUT2D eigenvalue weighted by Crippen LogP contribution is 2.84. The van der Waals surface area contributed by atoms with E-state index < -0.39 is 10.0 Å². The standard InChI is InChI=1S/C24H29N3O3S/c1-23-18-12-16(28)7-6-15(18)13-24-19(23)20(24)27(3)22(24)21(23)26(2)11-10-14-4-8-17(9-5-14)31(25,29)30/h4-9,12,19-22,28H,10-11,13H2,1-3H3,(H2,25,29,30). The van der Waals surface area contributed by atoms with E-state index in [0.717, 1.165) is 24.9 Å². The van der Waals surface area contributed by atoms with Crippen molar-refractivity contribution >= 4 is 10.0 Å². The molecule has 3 fully saturated rings. The van der Waals surface area contributed by atoms with E-state index in [1.54, 1.807) is 12.1 Å². The Labute approximate surface area is 183 Å². The van der Waals surface area contributed by atoms with Gasteiger partial charge in [-0.25, -0.2) is 13.6 Å². The Morgan fingerprint density at radius 3 is 2.58 bits per heavy atom. The van der Waals surface area contributed by atoms with Crippen molar-refractivity contribution in [3.63, 3.8) is 0 Å². The van der Waals surface area contributed by atoms with Crippen LogP contribution in [0.3, 0.4) is 0 Å². The molecule has 0 amide bonds. The fourth-order valence-corrected chi connectivity index (χ4v) is 8.50. The Bertz CT molecular complexity index is 1200. The number of hydrogen-bond donors (Lipinski definition) is 2. The lowest BCUT2D eigenvalue weighted by molar-refractivity contribution is -0.0361. The van der Waals surface area contributed by atoms with Gasteiger partial charge in [0.25, 0.3) is 0 Å². The zero-order chi connectivity index (χ0) is 21.9. The molecule has 6 atom stereocenters. The van der Waals surface area contributed by atoms with Crippen LogP contribution >= 0.6 is 0 Å². The summed E-state index contributed by atoms with van der Waals surface area (Å²) in [6.45, 7) is 3.31. The van der Waals surface area contributed by atoms with Gasteiger partial charge in [0.2, 0.25) is 10.0 Å². The van der Waals surface area contributed by atoms with E-state index in [9.17, 15) is 13.5 Å². The van der Waals surface area contributed by atoms with Crippen molar-refractivity contribution in [2.24, 2.45) is 16.5 Å². The van der Waals surface area contributed by atoms with E-state index in [2.05, 4.69) is 36.9 Å². The minimum absolute atomic E-state index is 0.0421. The number of hydrogen-bond acceptors (Lipinski definition) is 5. The molecular formula is C24H29N3O3S. The summed E-state index contributed by atoms with van der Waals surface area (Å²) in [4.78, 5) is 5.23. The molecule has 2 aromatic rings. The zero-order valence-electron chi connectivity index (χ0n) is 18.1. The van der Waals surface area contributed by atoms with Crippen LogP contribution in [0.25, 0.3) is 0 Å². The van der Waals surface area contributed by atoms with Crippen LogP contribution in [-0.2, 0) is 28.3 Å². The molecule has 7 heteroatoms. The van der Waals surface area contributed by atoms with Gasteiger partial charge in [-0.15, -0.1) is 0 Å². The minimum atomic E-state index is -3.66. The van der Waals surface area contributed by atoms with Crippen LogP contribution in [0.5, 0.6) is 5.75 Å². The number of rotatable bonds is 5. The quantitative estimate of drug-likeness (QED) is 0.741. The monoisotopic (exact) mass is 439 g/mol. The molecule has 6 unspecified atom stereocenters. The molecule has 1 spiro atoms. The fraction of sp³-hybridized carbons (Fsp3) is 0.500. The molecule has 164 valence electrons.